The first-order valence-electron chi connectivity index (χ1n) is 12.5. The first kappa shape index (κ1) is 28.2. The van der Waals surface area contributed by atoms with Crippen molar-refractivity contribution in [2.45, 2.75) is 32.2 Å². The van der Waals surface area contributed by atoms with Crippen LogP contribution in [0.3, 0.4) is 0 Å². The number of methoxy groups -OCH3 is 1. The highest BCUT2D eigenvalue weighted by atomic mass is 16.5. The maximum atomic E-state index is 13.3. The number of amides is 2. The van der Waals surface area contributed by atoms with Crippen LogP contribution in [0.25, 0.3) is 11.1 Å². The molecule has 38 heavy (non-hydrogen) atoms. The van der Waals surface area contributed by atoms with E-state index < -0.39 is 29.9 Å². The molecule has 0 aliphatic heterocycles. The van der Waals surface area contributed by atoms with Crippen molar-refractivity contribution in [3.05, 3.63) is 90.0 Å². The predicted octanol–water partition coefficient (Wildman–Crippen LogP) is 5.09. The summed E-state index contributed by atoms with van der Waals surface area (Å²) in [4.78, 5) is 38.5. The third-order valence-corrected chi connectivity index (χ3v) is 6.20. The van der Waals surface area contributed by atoms with Crippen LogP contribution in [0.2, 0.25) is 0 Å². The molecule has 2 amide bonds. The number of urea groups is 1. The number of rotatable bonds is 12. The van der Waals surface area contributed by atoms with Crippen molar-refractivity contribution in [2.75, 3.05) is 20.2 Å². The van der Waals surface area contributed by atoms with Gasteiger partial charge in [-0.3, -0.25) is 4.79 Å². The minimum atomic E-state index is -1.35. The molecule has 3 N–H and O–H groups in total. The minimum Gasteiger partial charge on any atom is -0.496 e. The lowest BCUT2D eigenvalue weighted by molar-refractivity contribution is -0.140. The van der Waals surface area contributed by atoms with Gasteiger partial charge in [-0.25, -0.2) is 9.59 Å². The van der Waals surface area contributed by atoms with E-state index in [1.807, 2.05) is 68.4 Å². The van der Waals surface area contributed by atoms with E-state index in [2.05, 4.69) is 5.32 Å². The average molecular weight is 519 g/mol. The Kier molecular flexibility index (Phi) is 9.87. The van der Waals surface area contributed by atoms with Crippen molar-refractivity contribution in [3.63, 3.8) is 0 Å². The number of aliphatic carboxylic acids is 2. The quantitative estimate of drug-likeness (QED) is 0.308. The van der Waals surface area contributed by atoms with Gasteiger partial charge in [-0.1, -0.05) is 86.6 Å². The van der Waals surface area contributed by atoms with Gasteiger partial charge in [0, 0.05) is 24.6 Å². The van der Waals surface area contributed by atoms with Crippen LogP contribution in [-0.2, 0) is 9.59 Å². The lowest BCUT2D eigenvalue weighted by atomic mass is 9.83. The van der Waals surface area contributed by atoms with E-state index in [-0.39, 0.29) is 25.4 Å². The topological polar surface area (TPSA) is 116 Å². The molecule has 0 heterocycles. The Bertz CT molecular complexity index is 1230. The van der Waals surface area contributed by atoms with Crippen molar-refractivity contribution in [1.82, 2.24) is 10.2 Å². The highest BCUT2D eigenvalue weighted by Gasteiger charge is 2.35. The van der Waals surface area contributed by atoms with Crippen LogP contribution in [0.5, 0.6) is 5.75 Å². The smallest absolute Gasteiger partial charge is 0.327 e. The molecule has 8 heteroatoms. The fourth-order valence-electron chi connectivity index (χ4n) is 4.45. The number of carboxylic acid groups (broad SMARTS) is 2. The molecule has 0 radical (unpaired) electrons. The zero-order valence-corrected chi connectivity index (χ0v) is 21.8. The van der Waals surface area contributed by atoms with Gasteiger partial charge in [0.1, 0.15) is 11.8 Å². The summed E-state index contributed by atoms with van der Waals surface area (Å²) in [6.07, 6.45) is -0.241. The van der Waals surface area contributed by atoms with Crippen molar-refractivity contribution in [3.8, 4) is 16.9 Å². The van der Waals surface area contributed by atoms with Gasteiger partial charge in [0.2, 0.25) is 0 Å². The minimum absolute atomic E-state index is 0.0310. The van der Waals surface area contributed by atoms with Crippen LogP contribution >= 0.6 is 0 Å². The van der Waals surface area contributed by atoms with E-state index in [0.717, 1.165) is 11.1 Å². The lowest BCUT2D eigenvalue weighted by Gasteiger charge is -2.31. The number of hydrogen-bond donors (Lipinski definition) is 3. The molecule has 0 aromatic heterocycles. The number of carbonyl (C=O) groups is 3. The number of nitrogens with one attached hydrogen (secondary N) is 1. The molecule has 2 atom stereocenters. The molecular formula is C30H34N2O6. The number of benzene rings is 3. The third-order valence-electron chi connectivity index (χ3n) is 6.20. The summed E-state index contributed by atoms with van der Waals surface area (Å²) in [5.41, 5.74) is 3.29. The third kappa shape index (κ3) is 7.35. The SMILES string of the molecule is COc1ccccc1C(c1ccc(-c2ccccc2)cc1)[C@H](NC(=O)N(CCC(=O)O)CC(C)C)C(=O)O. The van der Waals surface area contributed by atoms with E-state index in [0.29, 0.717) is 16.9 Å². The highest BCUT2D eigenvalue weighted by Crippen LogP contribution is 2.35. The van der Waals surface area contributed by atoms with E-state index in [4.69, 9.17) is 9.84 Å². The summed E-state index contributed by atoms with van der Waals surface area (Å²) >= 11 is 0. The second-order valence-corrected chi connectivity index (χ2v) is 9.46. The normalized spacial score (nSPS) is 12.4. The molecular weight excluding hydrogens is 484 g/mol. The Labute approximate surface area is 222 Å². The Morgan fingerprint density at radius 3 is 2.05 bits per heavy atom. The number of nitrogens with zero attached hydrogens (tertiary/aromatic N) is 1. The number of carbonyl (C=O) groups excluding carboxylic acids is 1. The molecule has 0 aliphatic rings. The maximum Gasteiger partial charge on any atom is 0.327 e. The van der Waals surface area contributed by atoms with Gasteiger partial charge in [-0.2, -0.15) is 0 Å². The molecule has 0 aliphatic carbocycles. The molecule has 0 bridgehead atoms. The van der Waals surface area contributed by atoms with Gasteiger partial charge in [-0.15, -0.1) is 0 Å². The Morgan fingerprint density at radius 1 is 0.868 bits per heavy atom. The van der Waals surface area contributed by atoms with Crippen LogP contribution in [-0.4, -0.2) is 59.3 Å². The fourth-order valence-corrected chi connectivity index (χ4v) is 4.45. The van der Waals surface area contributed by atoms with Gasteiger partial charge in [0.05, 0.1) is 13.5 Å². The standard InChI is InChI=1S/C30H34N2O6/c1-20(2)19-32(18-17-26(33)34)30(37)31-28(29(35)36)27(24-11-7-8-12-25(24)38-3)23-15-13-22(14-16-23)21-9-5-4-6-10-21/h4-16,20,27-28H,17-19H2,1-3H3,(H,31,37)(H,33,34)(H,35,36)/t27?,28-/m0/s1. The average Bonchev–Trinajstić information content (AvgIpc) is 2.91. The Hall–Kier alpha value is -4.33. The van der Waals surface area contributed by atoms with E-state index in [9.17, 15) is 19.5 Å². The summed E-state index contributed by atoms with van der Waals surface area (Å²) in [6, 6.07) is 22.5. The van der Waals surface area contributed by atoms with Crippen molar-refractivity contribution in [1.29, 1.82) is 0 Å². The lowest BCUT2D eigenvalue weighted by Crippen LogP contribution is -2.51. The summed E-state index contributed by atoms with van der Waals surface area (Å²) in [5, 5.41) is 22.1. The van der Waals surface area contributed by atoms with Crippen molar-refractivity contribution in [2.24, 2.45) is 5.92 Å². The van der Waals surface area contributed by atoms with Gasteiger partial charge >= 0.3 is 18.0 Å². The van der Waals surface area contributed by atoms with Crippen LogP contribution in [0.1, 0.15) is 37.3 Å². The summed E-state index contributed by atoms with van der Waals surface area (Å²) in [6.45, 7) is 4.07. The first-order valence-corrected chi connectivity index (χ1v) is 12.5. The molecule has 0 saturated heterocycles. The molecule has 0 saturated carbocycles. The predicted molar refractivity (Wildman–Crippen MR) is 145 cm³/mol. The summed E-state index contributed by atoms with van der Waals surface area (Å²) in [7, 11) is 1.51. The Morgan fingerprint density at radius 2 is 1.47 bits per heavy atom. The highest BCUT2D eigenvalue weighted by molar-refractivity contribution is 5.84. The van der Waals surface area contributed by atoms with Gasteiger partial charge < -0.3 is 25.2 Å². The molecule has 3 rings (SSSR count). The number of para-hydroxylation sites is 1. The van der Waals surface area contributed by atoms with Gasteiger partial charge in [-0.05, 0) is 28.7 Å². The molecule has 200 valence electrons. The van der Waals surface area contributed by atoms with E-state index >= 15 is 0 Å². The largest absolute Gasteiger partial charge is 0.496 e. The molecule has 3 aromatic carbocycles. The molecule has 8 nitrogen and oxygen atoms in total. The van der Waals surface area contributed by atoms with Crippen LogP contribution in [0.4, 0.5) is 4.79 Å². The second kappa shape index (κ2) is 13.3. The Balaban J connectivity index is 2.02. The molecule has 1 unspecified atom stereocenters. The zero-order valence-electron chi connectivity index (χ0n) is 21.8. The van der Waals surface area contributed by atoms with Crippen LogP contribution in [0.15, 0.2) is 78.9 Å². The second-order valence-electron chi connectivity index (χ2n) is 9.46. The number of hydrogen-bond acceptors (Lipinski definition) is 4. The van der Waals surface area contributed by atoms with Crippen LogP contribution < -0.4 is 10.1 Å². The van der Waals surface area contributed by atoms with Crippen LogP contribution in [0, 0.1) is 5.92 Å². The van der Waals surface area contributed by atoms with E-state index in [1.165, 1.54) is 12.0 Å². The summed E-state index contributed by atoms with van der Waals surface area (Å²) in [5.74, 6) is -2.47. The van der Waals surface area contributed by atoms with Crippen molar-refractivity contribution < 1.29 is 29.3 Å². The first-order chi connectivity index (χ1) is 18.2. The molecule has 3 aromatic rings. The molecule has 0 spiro atoms. The number of carboxylic acids is 2. The summed E-state index contributed by atoms with van der Waals surface area (Å²) < 4.78 is 5.56. The monoisotopic (exact) mass is 518 g/mol. The van der Waals surface area contributed by atoms with E-state index in [1.54, 1.807) is 24.3 Å². The van der Waals surface area contributed by atoms with Gasteiger partial charge in [0.15, 0.2) is 0 Å². The number of ether oxygens (including phenoxy) is 1. The van der Waals surface area contributed by atoms with Gasteiger partial charge in [0.25, 0.3) is 0 Å². The molecule has 0 fully saturated rings. The maximum absolute atomic E-state index is 13.3. The fraction of sp³-hybridized carbons (Fsp3) is 0.300. The zero-order chi connectivity index (χ0) is 27.7. The van der Waals surface area contributed by atoms with Crippen molar-refractivity contribution >= 4 is 18.0 Å².